The van der Waals surface area contributed by atoms with Crippen LogP contribution >= 0.6 is 0 Å². The van der Waals surface area contributed by atoms with Gasteiger partial charge >= 0.3 is 0 Å². The zero-order chi connectivity index (χ0) is 24.4. The minimum Gasteiger partial charge on any atom is -0.496 e. The topological polar surface area (TPSA) is 45.9 Å². The lowest BCUT2D eigenvalue weighted by Gasteiger charge is -2.34. The van der Waals surface area contributed by atoms with Gasteiger partial charge in [-0.25, -0.2) is 0 Å². The highest BCUT2D eigenvalue weighted by molar-refractivity contribution is 5.98. The smallest absolute Gasteiger partial charge is 0.246 e. The summed E-state index contributed by atoms with van der Waals surface area (Å²) in [5.41, 5.74) is 6.58. The molecule has 1 aliphatic carbocycles. The summed E-state index contributed by atoms with van der Waals surface area (Å²) >= 11 is 0. The van der Waals surface area contributed by atoms with E-state index in [0.29, 0.717) is 0 Å². The molecule has 0 N–H and O–H groups in total. The average Bonchev–Trinajstić information content (AvgIpc) is 3.27. The molecule has 35 heavy (non-hydrogen) atoms. The normalized spacial score (nSPS) is 17.0. The number of aryl methyl sites for hydroxylation is 3. The van der Waals surface area contributed by atoms with Crippen molar-refractivity contribution in [3.63, 3.8) is 0 Å². The first-order valence-corrected chi connectivity index (χ1v) is 12.9. The predicted octanol–water partition coefficient (Wildman–Crippen LogP) is 5.42. The summed E-state index contributed by atoms with van der Waals surface area (Å²) in [5, 5.41) is 1.18. The van der Waals surface area contributed by atoms with Crippen LogP contribution in [0, 0.1) is 6.92 Å². The van der Waals surface area contributed by atoms with Gasteiger partial charge in [0.15, 0.2) is 0 Å². The molecule has 1 fully saturated rings. The third-order valence-corrected chi connectivity index (χ3v) is 7.64. The molecular weight excluding hydrogens is 436 g/mol. The van der Waals surface area contributed by atoms with E-state index in [1.807, 2.05) is 11.8 Å². The van der Waals surface area contributed by atoms with E-state index in [1.54, 1.807) is 13.2 Å². The van der Waals surface area contributed by atoms with Crippen LogP contribution in [0.2, 0.25) is 0 Å². The lowest BCUT2D eigenvalue weighted by Crippen LogP contribution is -2.48. The number of piperazine rings is 1. The van der Waals surface area contributed by atoms with Crippen molar-refractivity contribution in [2.75, 3.05) is 39.8 Å². The Bertz CT molecular complexity index is 1230. The van der Waals surface area contributed by atoms with Crippen molar-refractivity contribution in [2.45, 2.75) is 46.0 Å². The van der Waals surface area contributed by atoms with E-state index >= 15 is 0 Å². The minimum absolute atomic E-state index is 0.0826. The predicted molar refractivity (Wildman–Crippen MR) is 141 cm³/mol. The van der Waals surface area contributed by atoms with Gasteiger partial charge in [0.25, 0.3) is 0 Å². The van der Waals surface area contributed by atoms with Gasteiger partial charge in [0.05, 0.1) is 7.11 Å². The highest BCUT2D eigenvalue weighted by Crippen LogP contribution is 2.41. The summed E-state index contributed by atoms with van der Waals surface area (Å²) in [7, 11) is 1.70. The van der Waals surface area contributed by atoms with Crippen molar-refractivity contribution in [1.29, 1.82) is 0 Å². The van der Waals surface area contributed by atoms with Gasteiger partial charge in [-0.15, -0.1) is 0 Å². The monoisotopic (exact) mass is 472 g/mol. The number of furan rings is 1. The Hall–Kier alpha value is -3.05. The molecule has 0 spiro atoms. The molecule has 5 heteroatoms. The first kappa shape index (κ1) is 23.7. The van der Waals surface area contributed by atoms with Gasteiger partial charge in [-0.3, -0.25) is 9.69 Å². The van der Waals surface area contributed by atoms with Crippen LogP contribution in [0.15, 0.2) is 46.9 Å². The number of nitrogens with zero attached hydrogens (tertiary/aromatic N) is 2. The van der Waals surface area contributed by atoms with Crippen LogP contribution in [-0.4, -0.2) is 55.5 Å². The Morgan fingerprint density at radius 3 is 2.57 bits per heavy atom. The molecule has 5 rings (SSSR count). The van der Waals surface area contributed by atoms with E-state index in [2.05, 4.69) is 48.2 Å². The van der Waals surface area contributed by atoms with Crippen molar-refractivity contribution in [3.8, 4) is 5.75 Å². The number of amides is 1. The van der Waals surface area contributed by atoms with Crippen molar-refractivity contribution in [3.05, 3.63) is 70.5 Å². The van der Waals surface area contributed by atoms with E-state index in [-0.39, 0.29) is 5.91 Å². The summed E-state index contributed by atoms with van der Waals surface area (Å²) in [6.45, 7) is 8.48. The largest absolute Gasteiger partial charge is 0.496 e. The van der Waals surface area contributed by atoms with Crippen LogP contribution in [-0.2, 0) is 24.1 Å². The maximum Gasteiger partial charge on any atom is 0.246 e. The molecule has 0 radical (unpaired) electrons. The summed E-state index contributed by atoms with van der Waals surface area (Å²) in [4.78, 5) is 17.6. The number of allylic oxidation sites excluding steroid dienone is 1. The van der Waals surface area contributed by atoms with Gasteiger partial charge in [0.2, 0.25) is 5.91 Å². The van der Waals surface area contributed by atoms with Crippen LogP contribution in [0.3, 0.4) is 0 Å². The van der Waals surface area contributed by atoms with Gasteiger partial charge in [-0.1, -0.05) is 30.3 Å². The summed E-state index contributed by atoms with van der Waals surface area (Å²) in [6, 6.07) is 12.8. The molecule has 1 aromatic heterocycles. The minimum atomic E-state index is 0.0826. The summed E-state index contributed by atoms with van der Waals surface area (Å²) in [6.07, 6.45) is 7.29. The van der Waals surface area contributed by atoms with Gasteiger partial charge in [0.1, 0.15) is 17.1 Å². The molecule has 2 heterocycles. The van der Waals surface area contributed by atoms with Gasteiger partial charge in [-0.2, -0.15) is 0 Å². The molecule has 184 valence electrons. The number of benzene rings is 2. The molecule has 1 saturated heterocycles. The number of carbonyl (C=O) groups excluding carboxylic acids is 1. The van der Waals surface area contributed by atoms with Crippen LogP contribution in [0.4, 0.5) is 0 Å². The number of carbonyl (C=O) groups is 1. The van der Waals surface area contributed by atoms with Crippen LogP contribution in [0.25, 0.3) is 16.5 Å². The molecule has 0 atom stereocenters. The fourth-order valence-electron chi connectivity index (χ4n) is 5.57. The average molecular weight is 473 g/mol. The molecule has 0 bridgehead atoms. The fraction of sp³-hybridized carbons (Fsp3) is 0.433. The van der Waals surface area contributed by atoms with E-state index in [1.165, 1.54) is 29.4 Å². The molecule has 0 unspecified atom stereocenters. The maximum absolute atomic E-state index is 13.2. The third kappa shape index (κ3) is 4.87. The van der Waals surface area contributed by atoms with E-state index in [0.717, 1.165) is 85.8 Å². The quantitative estimate of drug-likeness (QED) is 0.450. The van der Waals surface area contributed by atoms with Crippen molar-refractivity contribution in [1.82, 2.24) is 9.80 Å². The summed E-state index contributed by atoms with van der Waals surface area (Å²) in [5.74, 6) is 2.01. The first-order valence-electron chi connectivity index (χ1n) is 12.9. The van der Waals surface area contributed by atoms with Gasteiger partial charge < -0.3 is 14.1 Å². The number of methoxy groups -OCH3 is 1. The second-order valence-corrected chi connectivity index (χ2v) is 9.90. The number of fused-ring (bicyclic) bond motifs is 3. The highest BCUT2D eigenvalue weighted by atomic mass is 16.5. The zero-order valence-electron chi connectivity index (χ0n) is 21.2. The van der Waals surface area contributed by atoms with Crippen LogP contribution in [0.1, 0.15) is 47.8 Å². The fourth-order valence-corrected chi connectivity index (χ4v) is 5.57. The van der Waals surface area contributed by atoms with Crippen LogP contribution in [0.5, 0.6) is 5.75 Å². The Morgan fingerprint density at radius 1 is 1.09 bits per heavy atom. The molecule has 3 aromatic rings. The Morgan fingerprint density at radius 2 is 1.83 bits per heavy atom. The number of hydrogen-bond acceptors (Lipinski definition) is 4. The number of ether oxygens (including phenoxy) is 1. The zero-order valence-corrected chi connectivity index (χ0v) is 21.2. The van der Waals surface area contributed by atoms with E-state index < -0.39 is 0 Å². The lowest BCUT2D eigenvalue weighted by atomic mass is 9.93. The molecule has 2 aliphatic rings. The second kappa shape index (κ2) is 10.3. The Labute approximate surface area is 208 Å². The summed E-state index contributed by atoms with van der Waals surface area (Å²) < 4.78 is 12.1. The van der Waals surface area contributed by atoms with Gasteiger partial charge in [0, 0.05) is 67.3 Å². The van der Waals surface area contributed by atoms with E-state index in [9.17, 15) is 4.79 Å². The van der Waals surface area contributed by atoms with Crippen molar-refractivity contribution >= 4 is 22.4 Å². The second-order valence-electron chi connectivity index (χ2n) is 9.90. The first-order chi connectivity index (χ1) is 17.0. The molecule has 1 aliphatic heterocycles. The number of rotatable bonds is 6. The SMILES string of the molecule is COc1c(/C(C)=C/C(=O)N2CCN(CCc3ccccc3)CC2)cc2c3c(oc2c1C)CCCC3. The van der Waals surface area contributed by atoms with Crippen molar-refractivity contribution in [2.24, 2.45) is 0 Å². The molecule has 0 saturated carbocycles. The van der Waals surface area contributed by atoms with Crippen molar-refractivity contribution < 1.29 is 13.9 Å². The standard InChI is InChI=1S/C30H36N2O3/c1-21(19-28(33)32-17-15-31(16-18-32)14-13-23-9-5-4-6-10-23)25-20-26-24-11-7-8-12-27(24)35-30(26)22(2)29(25)34-3/h4-6,9-10,19-20H,7-8,11-18H2,1-3H3/b21-19+. The Kier molecular flexibility index (Phi) is 6.96. The third-order valence-electron chi connectivity index (χ3n) is 7.64. The molecule has 1 amide bonds. The lowest BCUT2D eigenvalue weighted by molar-refractivity contribution is -0.127. The van der Waals surface area contributed by atoms with Gasteiger partial charge in [-0.05, 0) is 56.7 Å². The maximum atomic E-state index is 13.2. The molecule has 5 nitrogen and oxygen atoms in total. The highest BCUT2D eigenvalue weighted by Gasteiger charge is 2.24. The molecular formula is C30H36N2O3. The number of hydrogen-bond donors (Lipinski definition) is 0. The molecule has 2 aromatic carbocycles. The van der Waals surface area contributed by atoms with Crippen LogP contribution < -0.4 is 4.74 Å². The Balaban J connectivity index is 1.29. The van der Waals surface area contributed by atoms with E-state index in [4.69, 9.17) is 9.15 Å².